The number of likely N-dealkylation sites (tertiary alicyclic amines) is 1. The Balaban J connectivity index is 1.61. The van der Waals surface area contributed by atoms with Crippen LogP contribution in [0.15, 0.2) is 59.6 Å². The summed E-state index contributed by atoms with van der Waals surface area (Å²) in [4.78, 5) is 19.0. The zero-order valence-corrected chi connectivity index (χ0v) is 16.8. The number of nitrogens with zero attached hydrogens (tertiary/aromatic N) is 2. The number of amides is 1. The Hall–Kier alpha value is -2.82. The fraction of sp³-hybridized carbons (Fsp3) is 0.391. The molecule has 0 saturated carbocycles. The van der Waals surface area contributed by atoms with Crippen LogP contribution in [-0.2, 0) is 6.42 Å². The summed E-state index contributed by atoms with van der Waals surface area (Å²) in [5, 5.41) is 6.10. The number of aliphatic imine (C=N–C) groups is 1. The third-order valence-corrected chi connectivity index (χ3v) is 5.17. The molecule has 0 aromatic heterocycles. The van der Waals surface area contributed by atoms with Crippen molar-refractivity contribution in [2.75, 3.05) is 33.2 Å². The Labute approximate surface area is 167 Å². The maximum absolute atomic E-state index is 11.8. The average Bonchev–Trinajstić information content (AvgIpc) is 3.23. The molecule has 0 radical (unpaired) electrons. The van der Waals surface area contributed by atoms with E-state index in [1.165, 1.54) is 5.56 Å². The second-order valence-electron chi connectivity index (χ2n) is 7.11. The summed E-state index contributed by atoms with van der Waals surface area (Å²) >= 11 is 0. The van der Waals surface area contributed by atoms with Crippen LogP contribution in [0.5, 0.6) is 0 Å². The summed E-state index contributed by atoms with van der Waals surface area (Å²) in [7, 11) is 1.65. The average molecular weight is 379 g/mol. The van der Waals surface area contributed by atoms with Crippen LogP contribution in [0.25, 0.3) is 0 Å². The molecule has 2 N–H and O–H groups in total. The van der Waals surface area contributed by atoms with Gasteiger partial charge in [0.25, 0.3) is 5.91 Å². The van der Waals surface area contributed by atoms with Crippen molar-refractivity contribution in [3.05, 3.63) is 71.3 Å². The molecule has 1 heterocycles. The number of guanidine groups is 1. The largest absolute Gasteiger partial charge is 0.357 e. The van der Waals surface area contributed by atoms with Gasteiger partial charge in [-0.25, -0.2) is 0 Å². The van der Waals surface area contributed by atoms with Crippen molar-refractivity contribution in [1.82, 2.24) is 15.5 Å². The summed E-state index contributed by atoms with van der Waals surface area (Å²) in [6, 6.07) is 18.5. The van der Waals surface area contributed by atoms with Gasteiger partial charge in [-0.2, -0.15) is 0 Å². The molecule has 148 valence electrons. The first kappa shape index (κ1) is 19.9. The van der Waals surface area contributed by atoms with Crippen molar-refractivity contribution in [2.45, 2.75) is 25.7 Å². The topological polar surface area (TPSA) is 56.7 Å². The maximum Gasteiger partial charge on any atom is 0.251 e. The quantitative estimate of drug-likeness (QED) is 0.600. The predicted octanol–water partition coefficient (Wildman–Crippen LogP) is 3.04. The molecule has 0 aliphatic carbocycles. The summed E-state index contributed by atoms with van der Waals surface area (Å²) in [5.74, 6) is 1.50. The SMILES string of the molecule is CCNC(=NCCc1cccc(C(=O)NC)c1)N1CCC(c2ccccc2)C1. The van der Waals surface area contributed by atoms with E-state index in [1.807, 2.05) is 18.2 Å². The first-order valence-electron chi connectivity index (χ1n) is 10.1. The Kier molecular flexibility index (Phi) is 7.06. The van der Waals surface area contributed by atoms with E-state index in [9.17, 15) is 4.79 Å². The number of rotatable bonds is 6. The lowest BCUT2D eigenvalue weighted by Gasteiger charge is -2.22. The molecule has 1 fully saturated rings. The van der Waals surface area contributed by atoms with Gasteiger partial charge in [0.05, 0.1) is 0 Å². The monoisotopic (exact) mass is 378 g/mol. The van der Waals surface area contributed by atoms with Gasteiger partial charge in [0.15, 0.2) is 5.96 Å². The molecule has 5 nitrogen and oxygen atoms in total. The molecule has 1 atom stereocenters. The first-order valence-corrected chi connectivity index (χ1v) is 10.1. The van der Waals surface area contributed by atoms with E-state index in [0.29, 0.717) is 18.0 Å². The van der Waals surface area contributed by atoms with E-state index < -0.39 is 0 Å². The zero-order valence-electron chi connectivity index (χ0n) is 16.8. The number of benzene rings is 2. The van der Waals surface area contributed by atoms with Gasteiger partial charge in [0.1, 0.15) is 0 Å². The highest BCUT2D eigenvalue weighted by atomic mass is 16.1. The summed E-state index contributed by atoms with van der Waals surface area (Å²) in [6.07, 6.45) is 1.97. The molecule has 0 spiro atoms. The molecule has 1 aliphatic rings. The highest BCUT2D eigenvalue weighted by Gasteiger charge is 2.25. The Morgan fingerprint density at radius 1 is 1.18 bits per heavy atom. The Morgan fingerprint density at radius 3 is 2.75 bits per heavy atom. The van der Waals surface area contributed by atoms with Gasteiger partial charge < -0.3 is 15.5 Å². The molecule has 2 aromatic carbocycles. The number of nitrogens with one attached hydrogen (secondary N) is 2. The van der Waals surface area contributed by atoms with Crippen LogP contribution in [0.4, 0.5) is 0 Å². The third-order valence-electron chi connectivity index (χ3n) is 5.17. The molecule has 28 heavy (non-hydrogen) atoms. The summed E-state index contributed by atoms with van der Waals surface area (Å²) in [5.41, 5.74) is 3.23. The molecule has 1 unspecified atom stereocenters. The molecule has 2 aromatic rings. The standard InChI is InChI=1S/C23H30N4O/c1-3-25-23(27-15-13-21(17-27)19-9-5-4-6-10-19)26-14-12-18-8-7-11-20(16-18)22(28)24-2/h4-11,16,21H,3,12-15,17H2,1-2H3,(H,24,28)(H,25,26). The van der Waals surface area contributed by atoms with E-state index in [2.05, 4.69) is 58.9 Å². The van der Waals surface area contributed by atoms with E-state index in [4.69, 9.17) is 4.99 Å². The van der Waals surface area contributed by atoms with Crippen LogP contribution < -0.4 is 10.6 Å². The van der Waals surface area contributed by atoms with Crippen LogP contribution in [0.3, 0.4) is 0 Å². The van der Waals surface area contributed by atoms with E-state index in [1.54, 1.807) is 7.05 Å². The van der Waals surface area contributed by atoms with Gasteiger partial charge in [-0.05, 0) is 43.0 Å². The van der Waals surface area contributed by atoms with E-state index in [0.717, 1.165) is 44.0 Å². The predicted molar refractivity (Wildman–Crippen MR) is 115 cm³/mol. The minimum Gasteiger partial charge on any atom is -0.357 e. The highest BCUT2D eigenvalue weighted by molar-refractivity contribution is 5.94. The molecule has 5 heteroatoms. The number of hydrogen-bond acceptors (Lipinski definition) is 2. The zero-order chi connectivity index (χ0) is 19.8. The first-order chi connectivity index (χ1) is 13.7. The summed E-state index contributed by atoms with van der Waals surface area (Å²) in [6.45, 7) is 5.69. The van der Waals surface area contributed by atoms with Crippen molar-refractivity contribution in [3.8, 4) is 0 Å². The van der Waals surface area contributed by atoms with Crippen molar-refractivity contribution in [3.63, 3.8) is 0 Å². The number of carbonyl (C=O) groups is 1. The number of carbonyl (C=O) groups excluding carboxylic acids is 1. The van der Waals surface area contributed by atoms with Gasteiger partial charge in [0.2, 0.25) is 0 Å². The second-order valence-corrected chi connectivity index (χ2v) is 7.11. The van der Waals surface area contributed by atoms with Crippen LogP contribution >= 0.6 is 0 Å². The van der Waals surface area contributed by atoms with Gasteiger partial charge in [-0.1, -0.05) is 42.5 Å². The minimum absolute atomic E-state index is 0.0530. The molecule has 1 saturated heterocycles. The summed E-state index contributed by atoms with van der Waals surface area (Å²) < 4.78 is 0. The normalized spacial score (nSPS) is 16.9. The molecule has 1 amide bonds. The van der Waals surface area contributed by atoms with Gasteiger partial charge in [0, 0.05) is 44.7 Å². The molecular weight excluding hydrogens is 348 g/mol. The fourth-order valence-electron chi connectivity index (χ4n) is 3.68. The van der Waals surface area contributed by atoms with E-state index in [-0.39, 0.29) is 5.91 Å². The highest BCUT2D eigenvalue weighted by Crippen LogP contribution is 2.26. The lowest BCUT2D eigenvalue weighted by Crippen LogP contribution is -2.40. The smallest absolute Gasteiger partial charge is 0.251 e. The van der Waals surface area contributed by atoms with E-state index >= 15 is 0 Å². The fourth-order valence-corrected chi connectivity index (χ4v) is 3.68. The molecular formula is C23H30N4O. The molecule has 0 bridgehead atoms. The lowest BCUT2D eigenvalue weighted by molar-refractivity contribution is 0.0963. The van der Waals surface area contributed by atoms with Gasteiger partial charge in [-0.15, -0.1) is 0 Å². The van der Waals surface area contributed by atoms with Crippen LogP contribution in [0, 0.1) is 0 Å². The van der Waals surface area contributed by atoms with Crippen molar-refractivity contribution in [1.29, 1.82) is 0 Å². The second kappa shape index (κ2) is 9.93. The molecule has 3 rings (SSSR count). The van der Waals surface area contributed by atoms with Crippen molar-refractivity contribution in [2.24, 2.45) is 4.99 Å². The minimum atomic E-state index is -0.0530. The van der Waals surface area contributed by atoms with Gasteiger partial charge >= 0.3 is 0 Å². The van der Waals surface area contributed by atoms with Crippen molar-refractivity contribution >= 4 is 11.9 Å². The molecule has 1 aliphatic heterocycles. The maximum atomic E-state index is 11.8. The van der Waals surface area contributed by atoms with Gasteiger partial charge in [-0.3, -0.25) is 9.79 Å². The van der Waals surface area contributed by atoms with Crippen LogP contribution in [0.1, 0.15) is 40.7 Å². The Bertz CT molecular complexity index is 803. The van der Waals surface area contributed by atoms with Crippen LogP contribution in [-0.4, -0.2) is 50.0 Å². The van der Waals surface area contributed by atoms with Crippen molar-refractivity contribution < 1.29 is 4.79 Å². The lowest BCUT2D eigenvalue weighted by atomic mass is 9.99. The third kappa shape index (κ3) is 5.12. The Morgan fingerprint density at radius 2 is 2.00 bits per heavy atom. The van der Waals surface area contributed by atoms with Crippen LogP contribution in [0.2, 0.25) is 0 Å². The number of hydrogen-bond donors (Lipinski definition) is 2.